The second kappa shape index (κ2) is 10.7. The third-order valence-electron chi connectivity index (χ3n) is 1.81. The normalized spacial score (nSPS) is 10.1. The van der Waals surface area contributed by atoms with Crippen LogP contribution in [0.15, 0.2) is 12.7 Å². The van der Waals surface area contributed by atoms with E-state index in [0.29, 0.717) is 0 Å². The highest BCUT2D eigenvalue weighted by Crippen LogP contribution is 2.04. The van der Waals surface area contributed by atoms with Crippen LogP contribution in [0.1, 0.15) is 45.4 Å². The van der Waals surface area contributed by atoms with Crippen LogP contribution in [0.3, 0.4) is 0 Å². The topological polar surface area (TPSA) is 9.23 Å². The maximum atomic E-state index is 5.15. The van der Waals surface area contributed by atoms with Crippen molar-refractivity contribution in [1.82, 2.24) is 0 Å². The van der Waals surface area contributed by atoms with Crippen LogP contribution in [0.5, 0.6) is 0 Å². The second-order valence-electron chi connectivity index (χ2n) is 3.01. The van der Waals surface area contributed by atoms with Crippen molar-refractivity contribution >= 4 is 0 Å². The predicted octanol–water partition coefficient (Wildman–Crippen LogP) is 3.71. The number of hydrogen-bond acceptors (Lipinski definition) is 1. The molecule has 0 aliphatic rings. The zero-order valence-corrected chi connectivity index (χ0v) is 8.22. The summed E-state index contributed by atoms with van der Waals surface area (Å²) in [7, 11) is 0. The van der Waals surface area contributed by atoms with E-state index in [2.05, 4.69) is 13.5 Å². The average molecular weight is 169 g/mol. The molecule has 0 aromatic heterocycles. The summed E-state index contributed by atoms with van der Waals surface area (Å²) in [6, 6.07) is 0. The molecule has 0 aliphatic heterocycles. The van der Waals surface area contributed by atoms with Gasteiger partial charge < -0.3 is 4.74 Å². The fourth-order valence-corrected chi connectivity index (χ4v) is 1.10. The van der Waals surface area contributed by atoms with Crippen molar-refractivity contribution in [3.63, 3.8) is 0 Å². The molecule has 0 heterocycles. The first-order valence-electron chi connectivity index (χ1n) is 4.97. The van der Waals surface area contributed by atoms with E-state index in [4.69, 9.17) is 4.74 Å². The van der Waals surface area contributed by atoms with Gasteiger partial charge in [0.15, 0.2) is 0 Å². The Labute approximate surface area is 76.8 Å². The average Bonchev–Trinajstić information content (AvgIpc) is 2.10. The standard InChI is InChI=1S/C11H21O/c1-3-5-6-7-8-9-11-12-10-4-2/h4,10H,2-3,5-9,11H2,1H3. The maximum absolute atomic E-state index is 5.15. The van der Waals surface area contributed by atoms with Crippen LogP contribution in [-0.4, -0.2) is 6.61 Å². The number of unbranched alkanes of at least 4 members (excludes halogenated alkanes) is 5. The van der Waals surface area contributed by atoms with Crippen molar-refractivity contribution in [2.75, 3.05) is 6.61 Å². The molecule has 0 fully saturated rings. The quantitative estimate of drug-likeness (QED) is 0.478. The minimum absolute atomic E-state index is 0.845. The Morgan fingerprint density at radius 1 is 1.08 bits per heavy atom. The van der Waals surface area contributed by atoms with Crippen molar-refractivity contribution in [2.45, 2.75) is 45.4 Å². The molecule has 1 radical (unpaired) electrons. The molecule has 1 heteroatoms. The summed E-state index contributed by atoms with van der Waals surface area (Å²) in [5.74, 6) is 0. The van der Waals surface area contributed by atoms with E-state index in [9.17, 15) is 0 Å². The molecule has 0 aromatic rings. The van der Waals surface area contributed by atoms with Gasteiger partial charge in [-0.15, -0.1) is 6.58 Å². The maximum Gasteiger partial charge on any atom is 0.105 e. The summed E-state index contributed by atoms with van der Waals surface area (Å²) in [6.45, 7) is 8.28. The van der Waals surface area contributed by atoms with Crippen LogP contribution in [0, 0.1) is 6.61 Å². The summed E-state index contributed by atoms with van der Waals surface area (Å²) in [6.07, 6.45) is 9.57. The van der Waals surface area contributed by atoms with Crippen LogP contribution < -0.4 is 0 Å². The zero-order chi connectivity index (χ0) is 9.07. The smallest absolute Gasteiger partial charge is 0.105 e. The van der Waals surface area contributed by atoms with Crippen molar-refractivity contribution in [2.24, 2.45) is 0 Å². The van der Waals surface area contributed by atoms with Crippen LogP contribution in [0.4, 0.5) is 0 Å². The minimum Gasteiger partial charge on any atom is -0.371 e. The van der Waals surface area contributed by atoms with E-state index in [1.54, 1.807) is 12.7 Å². The highest BCUT2D eigenvalue weighted by atomic mass is 16.5. The Hall–Kier alpha value is -0.300. The van der Waals surface area contributed by atoms with Crippen LogP contribution >= 0.6 is 0 Å². The third kappa shape index (κ3) is 9.70. The van der Waals surface area contributed by atoms with E-state index in [0.717, 1.165) is 6.61 Å². The van der Waals surface area contributed by atoms with Gasteiger partial charge in [-0.1, -0.05) is 45.1 Å². The predicted molar refractivity (Wildman–Crippen MR) is 53.8 cm³/mol. The zero-order valence-electron chi connectivity index (χ0n) is 8.22. The first kappa shape index (κ1) is 11.7. The lowest BCUT2D eigenvalue weighted by Crippen LogP contribution is -1.89. The Kier molecular flexibility index (Phi) is 10.4. The summed E-state index contributed by atoms with van der Waals surface area (Å²) in [4.78, 5) is 0. The van der Waals surface area contributed by atoms with Gasteiger partial charge in [-0.2, -0.15) is 0 Å². The number of ether oxygens (including phenoxy) is 1. The summed E-state index contributed by atoms with van der Waals surface area (Å²) in [5.41, 5.74) is 0. The lowest BCUT2D eigenvalue weighted by Gasteiger charge is -2.00. The molecule has 0 atom stereocenters. The Bertz CT molecular complexity index is 89.0. The van der Waals surface area contributed by atoms with Gasteiger partial charge in [0.1, 0.15) is 6.61 Å². The van der Waals surface area contributed by atoms with E-state index < -0.39 is 0 Å². The first-order chi connectivity index (χ1) is 5.91. The number of rotatable bonds is 9. The Morgan fingerprint density at radius 3 is 2.42 bits per heavy atom. The molecular weight excluding hydrogens is 148 g/mol. The van der Waals surface area contributed by atoms with Gasteiger partial charge in [0.25, 0.3) is 0 Å². The van der Waals surface area contributed by atoms with Gasteiger partial charge in [0.2, 0.25) is 0 Å². The molecule has 0 rings (SSSR count). The molecule has 0 bridgehead atoms. The molecule has 12 heavy (non-hydrogen) atoms. The second-order valence-corrected chi connectivity index (χ2v) is 3.01. The van der Waals surface area contributed by atoms with Crippen molar-refractivity contribution in [3.8, 4) is 0 Å². The monoisotopic (exact) mass is 169 g/mol. The van der Waals surface area contributed by atoms with Gasteiger partial charge in [-0.05, 0) is 6.42 Å². The molecule has 0 amide bonds. The molecule has 0 saturated heterocycles. The van der Waals surface area contributed by atoms with Crippen molar-refractivity contribution in [3.05, 3.63) is 19.3 Å². The molecule has 0 N–H and O–H groups in total. The molecule has 0 aromatic carbocycles. The molecule has 0 saturated carbocycles. The van der Waals surface area contributed by atoms with E-state index >= 15 is 0 Å². The van der Waals surface area contributed by atoms with Gasteiger partial charge in [-0.25, -0.2) is 0 Å². The molecule has 0 spiro atoms. The Morgan fingerprint density at radius 2 is 1.75 bits per heavy atom. The highest BCUT2D eigenvalue weighted by molar-refractivity contribution is 4.76. The third-order valence-corrected chi connectivity index (χ3v) is 1.81. The van der Waals surface area contributed by atoms with Crippen LogP contribution in [0.25, 0.3) is 0 Å². The highest BCUT2D eigenvalue weighted by Gasteiger charge is 1.89. The minimum atomic E-state index is 0.845. The van der Waals surface area contributed by atoms with Crippen LogP contribution in [0.2, 0.25) is 0 Å². The van der Waals surface area contributed by atoms with Crippen LogP contribution in [-0.2, 0) is 4.74 Å². The fraction of sp³-hybridized carbons (Fsp3) is 0.727. The van der Waals surface area contributed by atoms with Gasteiger partial charge >= 0.3 is 0 Å². The van der Waals surface area contributed by atoms with E-state index in [1.807, 2.05) is 0 Å². The molecule has 71 valence electrons. The van der Waals surface area contributed by atoms with E-state index in [-0.39, 0.29) is 0 Å². The van der Waals surface area contributed by atoms with Gasteiger partial charge in [-0.3, -0.25) is 0 Å². The van der Waals surface area contributed by atoms with Gasteiger partial charge in [0.05, 0.1) is 0 Å². The molecular formula is C11H21O. The lowest BCUT2D eigenvalue weighted by atomic mass is 10.1. The summed E-state index contributed by atoms with van der Waals surface area (Å²) in [5, 5.41) is 0. The Balaban J connectivity index is 2.77. The molecule has 1 nitrogen and oxygen atoms in total. The fourth-order valence-electron chi connectivity index (χ4n) is 1.10. The number of hydrogen-bond donors (Lipinski definition) is 0. The SMILES string of the molecule is C=C[CH]OCCCCCCCC. The summed E-state index contributed by atoms with van der Waals surface area (Å²) >= 11 is 0. The summed E-state index contributed by atoms with van der Waals surface area (Å²) < 4.78 is 5.15. The molecule has 0 unspecified atom stereocenters. The van der Waals surface area contributed by atoms with E-state index in [1.165, 1.54) is 38.5 Å². The molecule has 0 aliphatic carbocycles. The van der Waals surface area contributed by atoms with Crippen molar-refractivity contribution in [1.29, 1.82) is 0 Å². The van der Waals surface area contributed by atoms with Gasteiger partial charge in [0, 0.05) is 6.61 Å². The largest absolute Gasteiger partial charge is 0.371 e. The van der Waals surface area contributed by atoms with Crippen molar-refractivity contribution < 1.29 is 4.74 Å². The first-order valence-corrected chi connectivity index (χ1v) is 4.97. The lowest BCUT2D eigenvalue weighted by molar-refractivity contribution is 0.208.